The number of thiazole rings is 1. The SMILES string of the molecule is CN=C(NCCc1ncc(C)s1)NCc1cccc(C)c1.I. The highest BCUT2D eigenvalue weighted by molar-refractivity contribution is 14.0. The van der Waals surface area contributed by atoms with Gasteiger partial charge in [-0.1, -0.05) is 29.8 Å². The van der Waals surface area contributed by atoms with Crippen molar-refractivity contribution < 1.29 is 0 Å². The molecule has 1 aromatic carbocycles. The first-order valence-corrected chi connectivity index (χ1v) is 7.90. The van der Waals surface area contributed by atoms with Crippen molar-refractivity contribution in [2.45, 2.75) is 26.8 Å². The normalized spacial score (nSPS) is 11.0. The van der Waals surface area contributed by atoms with Gasteiger partial charge in [-0.05, 0) is 19.4 Å². The maximum Gasteiger partial charge on any atom is 0.191 e. The number of benzene rings is 1. The van der Waals surface area contributed by atoms with Gasteiger partial charge >= 0.3 is 0 Å². The Morgan fingerprint density at radius 1 is 1.27 bits per heavy atom. The van der Waals surface area contributed by atoms with Gasteiger partial charge in [0.15, 0.2) is 5.96 Å². The summed E-state index contributed by atoms with van der Waals surface area (Å²) in [6.45, 7) is 5.79. The maximum absolute atomic E-state index is 4.36. The molecule has 4 nitrogen and oxygen atoms in total. The van der Waals surface area contributed by atoms with Gasteiger partial charge in [0, 0.05) is 37.6 Å². The smallest absolute Gasteiger partial charge is 0.191 e. The van der Waals surface area contributed by atoms with E-state index in [1.165, 1.54) is 16.0 Å². The summed E-state index contributed by atoms with van der Waals surface area (Å²) in [5, 5.41) is 7.81. The Morgan fingerprint density at radius 3 is 2.73 bits per heavy atom. The van der Waals surface area contributed by atoms with E-state index in [0.717, 1.165) is 30.5 Å². The Morgan fingerprint density at radius 2 is 2.09 bits per heavy atom. The molecule has 0 aliphatic carbocycles. The van der Waals surface area contributed by atoms with Crippen LogP contribution in [0.25, 0.3) is 0 Å². The number of aliphatic imine (C=N–C) groups is 1. The molecule has 120 valence electrons. The number of nitrogens with zero attached hydrogens (tertiary/aromatic N) is 2. The largest absolute Gasteiger partial charge is 0.356 e. The molecular formula is C16H23IN4S. The lowest BCUT2D eigenvalue weighted by Gasteiger charge is -2.11. The van der Waals surface area contributed by atoms with E-state index in [-0.39, 0.29) is 24.0 Å². The predicted molar refractivity (Wildman–Crippen MR) is 105 cm³/mol. The van der Waals surface area contributed by atoms with Crippen molar-refractivity contribution in [3.63, 3.8) is 0 Å². The first-order chi connectivity index (χ1) is 10.2. The summed E-state index contributed by atoms with van der Waals surface area (Å²) in [7, 11) is 1.79. The second kappa shape index (κ2) is 9.78. The third-order valence-corrected chi connectivity index (χ3v) is 4.04. The third-order valence-electron chi connectivity index (χ3n) is 3.07. The summed E-state index contributed by atoms with van der Waals surface area (Å²) in [6.07, 6.45) is 2.84. The van der Waals surface area contributed by atoms with Gasteiger partial charge in [-0.25, -0.2) is 4.98 Å². The number of hydrogen-bond acceptors (Lipinski definition) is 3. The highest BCUT2D eigenvalue weighted by Gasteiger charge is 2.01. The molecule has 1 heterocycles. The van der Waals surface area contributed by atoms with E-state index in [0.29, 0.717) is 0 Å². The second-order valence-electron chi connectivity index (χ2n) is 4.96. The van der Waals surface area contributed by atoms with Crippen molar-refractivity contribution in [2.75, 3.05) is 13.6 Å². The summed E-state index contributed by atoms with van der Waals surface area (Å²) >= 11 is 1.75. The Hall–Kier alpha value is -1.15. The van der Waals surface area contributed by atoms with Crippen LogP contribution in [0.15, 0.2) is 35.5 Å². The van der Waals surface area contributed by atoms with E-state index in [1.54, 1.807) is 18.4 Å². The monoisotopic (exact) mass is 430 g/mol. The third kappa shape index (κ3) is 6.31. The van der Waals surface area contributed by atoms with E-state index < -0.39 is 0 Å². The van der Waals surface area contributed by atoms with Gasteiger partial charge in [-0.3, -0.25) is 4.99 Å². The van der Waals surface area contributed by atoms with Crippen LogP contribution in [0.2, 0.25) is 0 Å². The van der Waals surface area contributed by atoms with Crippen molar-refractivity contribution >= 4 is 41.3 Å². The Kier molecular flexibility index (Phi) is 8.40. The fourth-order valence-corrected chi connectivity index (χ4v) is 2.82. The Bertz CT molecular complexity index is 610. The Balaban J connectivity index is 0.00000242. The highest BCUT2D eigenvalue weighted by atomic mass is 127. The van der Waals surface area contributed by atoms with Crippen molar-refractivity contribution in [1.29, 1.82) is 0 Å². The van der Waals surface area contributed by atoms with Crippen LogP contribution < -0.4 is 10.6 Å². The van der Waals surface area contributed by atoms with Gasteiger partial charge in [-0.15, -0.1) is 35.3 Å². The molecule has 22 heavy (non-hydrogen) atoms. The van der Waals surface area contributed by atoms with Gasteiger partial charge < -0.3 is 10.6 Å². The molecular weight excluding hydrogens is 407 g/mol. The molecule has 2 aromatic rings. The van der Waals surface area contributed by atoms with Gasteiger partial charge in [-0.2, -0.15) is 0 Å². The zero-order valence-electron chi connectivity index (χ0n) is 13.2. The van der Waals surface area contributed by atoms with Crippen LogP contribution in [0.4, 0.5) is 0 Å². The molecule has 0 saturated heterocycles. The zero-order chi connectivity index (χ0) is 15.1. The van der Waals surface area contributed by atoms with Crippen molar-refractivity contribution in [2.24, 2.45) is 4.99 Å². The first kappa shape index (κ1) is 18.9. The molecule has 6 heteroatoms. The van der Waals surface area contributed by atoms with Crippen LogP contribution in [0.3, 0.4) is 0 Å². The molecule has 0 aliphatic rings. The lowest BCUT2D eigenvalue weighted by Crippen LogP contribution is -2.37. The number of rotatable bonds is 5. The summed E-state index contributed by atoms with van der Waals surface area (Å²) in [5.41, 5.74) is 2.53. The van der Waals surface area contributed by atoms with Crippen molar-refractivity contribution in [3.8, 4) is 0 Å². The average molecular weight is 430 g/mol. The number of hydrogen-bond donors (Lipinski definition) is 2. The molecule has 0 aliphatic heterocycles. The van der Waals surface area contributed by atoms with E-state index in [2.05, 4.69) is 58.7 Å². The average Bonchev–Trinajstić information content (AvgIpc) is 2.88. The van der Waals surface area contributed by atoms with Crippen LogP contribution in [0.1, 0.15) is 21.0 Å². The van der Waals surface area contributed by atoms with E-state index in [1.807, 2.05) is 6.20 Å². The molecule has 0 bridgehead atoms. The maximum atomic E-state index is 4.36. The summed E-state index contributed by atoms with van der Waals surface area (Å²) in [4.78, 5) is 9.86. The van der Waals surface area contributed by atoms with Crippen LogP contribution in [0, 0.1) is 13.8 Å². The van der Waals surface area contributed by atoms with Crippen LogP contribution in [0.5, 0.6) is 0 Å². The number of aryl methyl sites for hydroxylation is 2. The zero-order valence-corrected chi connectivity index (χ0v) is 16.4. The number of guanidine groups is 1. The molecule has 0 unspecified atom stereocenters. The van der Waals surface area contributed by atoms with Crippen molar-refractivity contribution in [3.05, 3.63) is 51.5 Å². The molecule has 0 radical (unpaired) electrons. The minimum atomic E-state index is 0. The quantitative estimate of drug-likeness (QED) is 0.435. The standard InChI is InChI=1S/C16H22N4S.HI/c1-12-5-4-6-14(9-12)11-20-16(17-3)18-8-7-15-19-10-13(2)21-15;/h4-6,9-10H,7-8,11H2,1-3H3,(H2,17,18,20);1H. The lowest BCUT2D eigenvalue weighted by molar-refractivity contribution is 0.791. The number of halogens is 1. The van der Waals surface area contributed by atoms with E-state index in [9.17, 15) is 0 Å². The second-order valence-corrected chi connectivity index (χ2v) is 6.28. The fourth-order valence-electron chi connectivity index (χ4n) is 2.03. The van der Waals surface area contributed by atoms with E-state index in [4.69, 9.17) is 0 Å². The molecule has 0 saturated carbocycles. The van der Waals surface area contributed by atoms with Gasteiger partial charge in [0.2, 0.25) is 0 Å². The minimum Gasteiger partial charge on any atom is -0.356 e. The fraction of sp³-hybridized carbons (Fsp3) is 0.375. The minimum absolute atomic E-state index is 0. The topological polar surface area (TPSA) is 49.3 Å². The molecule has 0 amide bonds. The summed E-state index contributed by atoms with van der Waals surface area (Å²) in [6, 6.07) is 8.48. The lowest BCUT2D eigenvalue weighted by atomic mass is 10.1. The molecule has 2 rings (SSSR count). The number of nitrogens with one attached hydrogen (secondary N) is 2. The van der Waals surface area contributed by atoms with Crippen LogP contribution in [-0.4, -0.2) is 24.5 Å². The highest BCUT2D eigenvalue weighted by Crippen LogP contribution is 2.10. The first-order valence-electron chi connectivity index (χ1n) is 7.09. The number of aromatic nitrogens is 1. The molecule has 0 spiro atoms. The van der Waals surface area contributed by atoms with Crippen molar-refractivity contribution in [1.82, 2.24) is 15.6 Å². The van der Waals surface area contributed by atoms with Crippen LogP contribution in [-0.2, 0) is 13.0 Å². The molecule has 1 aromatic heterocycles. The molecule has 0 fully saturated rings. The van der Waals surface area contributed by atoms with Gasteiger partial charge in [0.1, 0.15) is 0 Å². The van der Waals surface area contributed by atoms with E-state index >= 15 is 0 Å². The molecule has 2 N–H and O–H groups in total. The van der Waals surface area contributed by atoms with Crippen LogP contribution >= 0.6 is 35.3 Å². The predicted octanol–water partition coefficient (Wildman–Crippen LogP) is 3.29. The van der Waals surface area contributed by atoms with Gasteiger partial charge in [0.25, 0.3) is 0 Å². The Labute approximate surface area is 153 Å². The van der Waals surface area contributed by atoms with Gasteiger partial charge in [0.05, 0.1) is 5.01 Å². The molecule has 0 atom stereocenters. The summed E-state index contributed by atoms with van der Waals surface area (Å²) in [5.74, 6) is 0.824. The summed E-state index contributed by atoms with van der Waals surface area (Å²) < 4.78 is 0.